The Balaban J connectivity index is 1.83. The lowest BCUT2D eigenvalue weighted by atomic mass is 10.1. The second-order valence-electron chi connectivity index (χ2n) is 4.11. The van der Waals surface area contributed by atoms with Gasteiger partial charge in [-0.1, -0.05) is 37.3 Å². The number of rotatable bonds is 5. The van der Waals surface area contributed by atoms with Gasteiger partial charge in [0.05, 0.1) is 12.6 Å². The van der Waals surface area contributed by atoms with Crippen molar-refractivity contribution in [1.82, 2.24) is 5.43 Å². The Bertz CT molecular complexity index is 561. The third kappa shape index (κ3) is 4.34. The second kappa shape index (κ2) is 6.85. The molecule has 2 rings (SSSR count). The molecule has 0 radical (unpaired) electrons. The Morgan fingerprint density at radius 3 is 2.74 bits per heavy atom. The molecule has 4 heteroatoms. The summed E-state index contributed by atoms with van der Waals surface area (Å²) in [6.45, 7) is 2.12. The lowest BCUT2D eigenvalue weighted by molar-refractivity contribution is -0.120. The van der Waals surface area contributed by atoms with Gasteiger partial charge in [0.1, 0.15) is 0 Å². The van der Waals surface area contributed by atoms with E-state index in [2.05, 4.69) is 23.5 Å². The van der Waals surface area contributed by atoms with Gasteiger partial charge in [-0.3, -0.25) is 4.79 Å². The molecule has 1 aromatic carbocycles. The number of nitrogens with one attached hydrogen (secondary N) is 1. The Kier molecular flexibility index (Phi) is 4.86. The van der Waals surface area contributed by atoms with Crippen molar-refractivity contribution in [3.8, 4) is 0 Å². The number of carbonyl (C=O) groups excluding carboxylic acids is 1. The molecule has 1 heterocycles. The fraction of sp³-hybridized carbons (Fsp3) is 0.200. The number of hydrogen-bond acceptors (Lipinski definition) is 3. The standard InChI is InChI=1S/C15H16N2OS/c1-2-13-8-9-14(19-13)11-16-17-15(18)10-12-6-4-3-5-7-12/h3-9,11H,2,10H2,1H3,(H,17,18). The van der Waals surface area contributed by atoms with Gasteiger partial charge in [-0.25, -0.2) is 5.43 Å². The summed E-state index contributed by atoms with van der Waals surface area (Å²) in [5.74, 6) is -0.102. The molecule has 0 atom stereocenters. The third-order valence-corrected chi connectivity index (χ3v) is 3.78. The molecule has 1 N–H and O–H groups in total. The first-order valence-corrected chi connectivity index (χ1v) is 7.04. The van der Waals surface area contributed by atoms with Gasteiger partial charge in [-0.05, 0) is 24.1 Å². The number of hydrogen-bond donors (Lipinski definition) is 1. The zero-order chi connectivity index (χ0) is 13.5. The Morgan fingerprint density at radius 1 is 1.26 bits per heavy atom. The van der Waals surface area contributed by atoms with Gasteiger partial charge in [-0.2, -0.15) is 5.10 Å². The summed E-state index contributed by atoms with van der Waals surface area (Å²) in [7, 11) is 0. The van der Waals surface area contributed by atoms with Gasteiger partial charge in [0.25, 0.3) is 0 Å². The van der Waals surface area contributed by atoms with E-state index in [-0.39, 0.29) is 5.91 Å². The molecule has 2 aromatic rings. The van der Waals surface area contributed by atoms with Crippen molar-refractivity contribution < 1.29 is 4.79 Å². The lowest BCUT2D eigenvalue weighted by Crippen LogP contribution is -2.19. The van der Waals surface area contributed by atoms with Crippen LogP contribution in [0.4, 0.5) is 0 Å². The van der Waals surface area contributed by atoms with Crippen molar-refractivity contribution in [3.63, 3.8) is 0 Å². The van der Waals surface area contributed by atoms with E-state index in [0.29, 0.717) is 6.42 Å². The van der Waals surface area contributed by atoms with Crippen LogP contribution in [0.2, 0.25) is 0 Å². The lowest BCUT2D eigenvalue weighted by Gasteiger charge is -1.99. The van der Waals surface area contributed by atoms with Crippen molar-refractivity contribution in [2.45, 2.75) is 19.8 Å². The number of carbonyl (C=O) groups is 1. The van der Waals surface area contributed by atoms with Gasteiger partial charge in [-0.15, -0.1) is 11.3 Å². The van der Waals surface area contributed by atoms with Gasteiger partial charge >= 0.3 is 0 Å². The molecular formula is C15H16N2OS. The number of thiophene rings is 1. The average Bonchev–Trinajstić information content (AvgIpc) is 2.88. The third-order valence-electron chi connectivity index (χ3n) is 2.62. The van der Waals surface area contributed by atoms with Crippen LogP contribution in [0.15, 0.2) is 47.6 Å². The molecule has 0 bridgehead atoms. The van der Waals surface area contributed by atoms with Gasteiger partial charge in [0, 0.05) is 9.75 Å². The molecule has 0 spiro atoms. The largest absolute Gasteiger partial charge is 0.273 e. The number of amides is 1. The summed E-state index contributed by atoms with van der Waals surface area (Å²) in [6, 6.07) is 13.7. The highest BCUT2D eigenvalue weighted by Gasteiger charge is 2.01. The molecule has 0 saturated carbocycles. The van der Waals surface area contributed by atoms with Crippen LogP contribution < -0.4 is 5.43 Å². The maximum atomic E-state index is 11.6. The number of nitrogens with zero attached hydrogens (tertiary/aromatic N) is 1. The van der Waals surface area contributed by atoms with Crippen LogP contribution in [0.5, 0.6) is 0 Å². The van der Waals surface area contributed by atoms with E-state index in [1.165, 1.54) is 4.88 Å². The fourth-order valence-corrected chi connectivity index (χ4v) is 2.47. The van der Waals surface area contributed by atoms with E-state index in [4.69, 9.17) is 0 Å². The topological polar surface area (TPSA) is 41.5 Å². The summed E-state index contributed by atoms with van der Waals surface area (Å²) in [5, 5.41) is 3.97. The fourth-order valence-electron chi connectivity index (χ4n) is 1.64. The minimum atomic E-state index is -0.102. The zero-order valence-corrected chi connectivity index (χ0v) is 11.6. The molecule has 0 aliphatic rings. The van der Waals surface area contributed by atoms with Crippen molar-refractivity contribution in [2.75, 3.05) is 0 Å². The van der Waals surface area contributed by atoms with Crippen LogP contribution >= 0.6 is 11.3 Å². The van der Waals surface area contributed by atoms with Gasteiger partial charge in [0.15, 0.2) is 0 Å². The average molecular weight is 272 g/mol. The minimum absolute atomic E-state index is 0.102. The Morgan fingerprint density at radius 2 is 2.05 bits per heavy atom. The van der Waals surface area contributed by atoms with E-state index in [9.17, 15) is 4.79 Å². The van der Waals surface area contributed by atoms with E-state index < -0.39 is 0 Å². The molecule has 1 amide bonds. The highest BCUT2D eigenvalue weighted by Crippen LogP contribution is 2.14. The smallest absolute Gasteiger partial charge is 0.244 e. The first-order valence-electron chi connectivity index (χ1n) is 6.22. The summed E-state index contributed by atoms with van der Waals surface area (Å²) < 4.78 is 0. The van der Waals surface area contributed by atoms with Crippen LogP contribution in [-0.2, 0) is 17.6 Å². The molecule has 19 heavy (non-hydrogen) atoms. The zero-order valence-electron chi connectivity index (χ0n) is 10.8. The molecule has 98 valence electrons. The van der Waals surface area contributed by atoms with Crippen molar-refractivity contribution in [2.24, 2.45) is 5.10 Å². The minimum Gasteiger partial charge on any atom is -0.273 e. The Hall–Kier alpha value is -1.94. The van der Waals surface area contributed by atoms with Crippen LogP contribution in [0.1, 0.15) is 22.2 Å². The molecule has 3 nitrogen and oxygen atoms in total. The Labute approximate surface area is 117 Å². The molecule has 0 aliphatic heterocycles. The summed E-state index contributed by atoms with van der Waals surface area (Å²) in [5.41, 5.74) is 3.53. The van der Waals surface area contributed by atoms with Crippen LogP contribution in [-0.4, -0.2) is 12.1 Å². The normalized spacial score (nSPS) is 10.8. The molecule has 0 fully saturated rings. The molecule has 0 unspecified atom stereocenters. The highest BCUT2D eigenvalue weighted by atomic mass is 32.1. The molecule has 1 aromatic heterocycles. The summed E-state index contributed by atoms with van der Waals surface area (Å²) in [4.78, 5) is 14.0. The van der Waals surface area contributed by atoms with Crippen LogP contribution in [0.3, 0.4) is 0 Å². The number of hydrazone groups is 1. The van der Waals surface area contributed by atoms with E-state index in [1.807, 2.05) is 36.4 Å². The monoisotopic (exact) mass is 272 g/mol. The van der Waals surface area contributed by atoms with E-state index in [1.54, 1.807) is 17.6 Å². The first-order chi connectivity index (χ1) is 9.28. The van der Waals surface area contributed by atoms with E-state index in [0.717, 1.165) is 16.9 Å². The quantitative estimate of drug-likeness (QED) is 0.660. The van der Waals surface area contributed by atoms with Crippen LogP contribution in [0.25, 0.3) is 0 Å². The van der Waals surface area contributed by atoms with Gasteiger partial charge < -0.3 is 0 Å². The predicted octanol–water partition coefficient (Wildman–Crippen LogP) is 3.00. The maximum Gasteiger partial charge on any atom is 0.244 e. The second-order valence-corrected chi connectivity index (χ2v) is 5.31. The summed E-state index contributed by atoms with van der Waals surface area (Å²) in [6.07, 6.45) is 3.06. The molecular weight excluding hydrogens is 256 g/mol. The van der Waals surface area contributed by atoms with Crippen molar-refractivity contribution in [3.05, 3.63) is 57.8 Å². The SMILES string of the molecule is CCc1ccc(C=NNC(=O)Cc2ccccc2)s1. The number of aryl methyl sites for hydroxylation is 1. The molecule has 0 saturated heterocycles. The van der Waals surface area contributed by atoms with Gasteiger partial charge in [0.2, 0.25) is 5.91 Å². The van der Waals surface area contributed by atoms with Crippen molar-refractivity contribution >= 4 is 23.5 Å². The predicted molar refractivity (Wildman–Crippen MR) is 79.6 cm³/mol. The molecule has 0 aliphatic carbocycles. The summed E-state index contributed by atoms with van der Waals surface area (Å²) >= 11 is 1.69. The maximum absolute atomic E-state index is 11.6. The van der Waals surface area contributed by atoms with Crippen LogP contribution in [0, 0.1) is 0 Å². The highest BCUT2D eigenvalue weighted by molar-refractivity contribution is 7.13. The number of benzene rings is 1. The van der Waals surface area contributed by atoms with Crippen molar-refractivity contribution in [1.29, 1.82) is 0 Å². The first kappa shape index (κ1) is 13.5. The van der Waals surface area contributed by atoms with E-state index >= 15 is 0 Å².